The van der Waals surface area contributed by atoms with Gasteiger partial charge in [0, 0.05) is 76.6 Å². The zero-order chi connectivity index (χ0) is 42.2. The Labute approximate surface area is 350 Å². The van der Waals surface area contributed by atoms with Crippen molar-refractivity contribution in [1.29, 1.82) is 0 Å². The van der Waals surface area contributed by atoms with Gasteiger partial charge in [0.05, 0.1) is 35.2 Å². The standard InChI is InChI=1S/C41H47ClN12O6/c1-23(2)54-37-25(19-31(39(54)58)60-22-33(56)43-3)18-26(20-44-37)46-36-30(42)21-45-40(48-36)51-14-16-53(17-15-51)41(59)52-12-10-24(11-13-52)27-6-5-7-28-34(49-50(4)35(27)28)29-8-9-32(55)47-38(29)57/h5-7,18-21,23-24,29H,8-17,22H2,1-4H3,(H,43,56)(H,45,46,48)(H,47,55,57). The number of nitrogens with one attached hydrogen (secondary N) is 3. The Balaban J connectivity index is 0.896. The summed E-state index contributed by atoms with van der Waals surface area (Å²) < 4.78 is 8.95. The molecule has 3 N–H and O–H groups in total. The third-order valence-electron chi connectivity index (χ3n) is 11.5. The Morgan fingerprint density at radius 1 is 0.983 bits per heavy atom. The smallest absolute Gasteiger partial charge is 0.320 e. The predicted molar refractivity (Wildman–Crippen MR) is 225 cm³/mol. The van der Waals surface area contributed by atoms with Crippen molar-refractivity contribution < 1.29 is 23.9 Å². The lowest BCUT2D eigenvalue weighted by molar-refractivity contribution is -0.134. The molecule has 4 aromatic heterocycles. The number of imide groups is 1. The first-order chi connectivity index (χ1) is 28.9. The zero-order valence-electron chi connectivity index (χ0n) is 33.9. The van der Waals surface area contributed by atoms with E-state index in [1.54, 1.807) is 18.3 Å². The Hall–Kier alpha value is -6.30. The maximum atomic E-state index is 13.8. The highest BCUT2D eigenvalue weighted by Crippen LogP contribution is 2.37. The van der Waals surface area contributed by atoms with E-state index in [2.05, 4.69) is 32.0 Å². The second-order valence-corrected chi connectivity index (χ2v) is 16.0. The highest BCUT2D eigenvalue weighted by atomic mass is 35.5. The molecule has 18 nitrogen and oxygen atoms in total. The molecular weight excluding hydrogens is 792 g/mol. The highest BCUT2D eigenvalue weighted by Gasteiger charge is 2.34. The Kier molecular flexibility index (Phi) is 11.3. The van der Waals surface area contributed by atoms with Crippen molar-refractivity contribution in [3.05, 3.63) is 69.4 Å². The summed E-state index contributed by atoms with van der Waals surface area (Å²) in [7, 11) is 3.39. The van der Waals surface area contributed by atoms with E-state index in [0.29, 0.717) is 91.3 Å². The van der Waals surface area contributed by atoms with Crippen LogP contribution in [0.15, 0.2) is 47.5 Å². The summed E-state index contributed by atoms with van der Waals surface area (Å²) in [5.74, 6) is -0.284. The monoisotopic (exact) mass is 838 g/mol. The molecule has 3 aliphatic heterocycles. The van der Waals surface area contributed by atoms with Crippen molar-refractivity contribution in [2.75, 3.05) is 63.1 Å². The van der Waals surface area contributed by atoms with Gasteiger partial charge in [0.2, 0.25) is 17.8 Å². The third kappa shape index (κ3) is 7.90. The van der Waals surface area contributed by atoms with E-state index in [-0.39, 0.29) is 53.6 Å². The molecule has 3 saturated heterocycles. The van der Waals surface area contributed by atoms with Crippen molar-refractivity contribution >= 4 is 74.7 Å². The Morgan fingerprint density at radius 2 is 1.73 bits per heavy atom. The van der Waals surface area contributed by atoms with E-state index in [1.807, 2.05) is 52.4 Å². The maximum absolute atomic E-state index is 13.8. The number of nitrogens with zero attached hydrogens (tertiary/aromatic N) is 9. The molecule has 8 rings (SSSR count). The van der Waals surface area contributed by atoms with E-state index in [4.69, 9.17) is 26.4 Å². The number of carbonyl (C=O) groups excluding carboxylic acids is 4. The van der Waals surface area contributed by atoms with Gasteiger partial charge in [0.15, 0.2) is 18.2 Å². The topological polar surface area (TPSA) is 202 Å². The first-order valence-electron chi connectivity index (χ1n) is 20.2. The first kappa shape index (κ1) is 40.5. The number of rotatable bonds is 9. The zero-order valence-corrected chi connectivity index (χ0v) is 34.7. The summed E-state index contributed by atoms with van der Waals surface area (Å²) >= 11 is 6.56. The van der Waals surface area contributed by atoms with Gasteiger partial charge in [-0.15, -0.1) is 0 Å². The molecule has 314 valence electrons. The molecule has 0 saturated carbocycles. The molecule has 7 heterocycles. The first-order valence-corrected chi connectivity index (χ1v) is 20.5. The molecule has 0 aliphatic carbocycles. The van der Waals surface area contributed by atoms with Gasteiger partial charge < -0.3 is 30.1 Å². The molecular formula is C41H47ClN12O6. The summed E-state index contributed by atoms with van der Waals surface area (Å²) in [4.78, 5) is 82.9. The van der Waals surface area contributed by atoms with Gasteiger partial charge in [-0.1, -0.05) is 29.8 Å². The average molecular weight is 839 g/mol. The molecule has 0 radical (unpaired) electrons. The minimum atomic E-state index is -0.465. The molecule has 0 bridgehead atoms. The third-order valence-corrected chi connectivity index (χ3v) is 11.8. The molecule has 3 aliphatic rings. The predicted octanol–water partition coefficient (Wildman–Crippen LogP) is 3.82. The number of para-hydroxylation sites is 1. The van der Waals surface area contributed by atoms with Crippen molar-refractivity contribution in [2.24, 2.45) is 7.05 Å². The van der Waals surface area contributed by atoms with Crippen LogP contribution in [0.3, 0.4) is 0 Å². The van der Waals surface area contributed by atoms with Crippen LogP contribution in [-0.4, -0.2) is 116 Å². The van der Waals surface area contributed by atoms with Crippen LogP contribution in [-0.2, 0) is 21.4 Å². The minimum absolute atomic E-state index is 0.0141. The molecule has 5 aromatic rings. The summed E-state index contributed by atoms with van der Waals surface area (Å²) in [6.45, 7) is 6.75. The Morgan fingerprint density at radius 3 is 2.45 bits per heavy atom. The number of likely N-dealkylation sites (tertiary alicyclic amines) is 1. The van der Waals surface area contributed by atoms with Crippen LogP contribution in [0.25, 0.3) is 21.9 Å². The molecule has 0 spiro atoms. The number of likely N-dealkylation sites (N-methyl/N-ethyl adjacent to an activating group) is 1. The second kappa shape index (κ2) is 16.8. The van der Waals surface area contributed by atoms with Crippen LogP contribution < -0.4 is 31.1 Å². The lowest BCUT2D eigenvalue weighted by Crippen LogP contribution is -2.54. The van der Waals surface area contributed by atoms with Crippen molar-refractivity contribution in [2.45, 2.75) is 57.4 Å². The normalized spacial score (nSPS) is 17.7. The number of fused-ring (bicyclic) bond motifs is 2. The van der Waals surface area contributed by atoms with Gasteiger partial charge in [0.1, 0.15) is 10.7 Å². The second-order valence-electron chi connectivity index (χ2n) is 15.6. The molecule has 3 fully saturated rings. The maximum Gasteiger partial charge on any atom is 0.320 e. The molecule has 1 aromatic carbocycles. The quantitative estimate of drug-likeness (QED) is 0.182. The van der Waals surface area contributed by atoms with Gasteiger partial charge in [-0.25, -0.2) is 14.8 Å². The van der Waals surface area contributed by atoms with E-state index in [0.717, 1.165) is 29.3 Å². The molecule has 1 atom stereocenters. The number of anilines is 3. The number of pyridine rings is 2. The van der Waals surface area contributed by atoms with Crippen LogP contribution in [0, 0.1) is 0 Å². The number of benzene rings is 1. The fourth-order valence-corrected chi connectivity index (χ4v) is 8.55. The average Bonchev–Trinajstić information content (AvgIpc) is 3.59. The number of carbonyl (C=O) groups is 4. The van der Waals surface area contributed by atoms with Crippen LogP contribution in [0.5, 0.6) is 5.75 Å². The summed E-state index contributed by atoms with van der Waals surface area (Å²) in [6, 6.07) is 9.29. The minimum Gasteiger partial charge on any atom is -0.478 e. The van der Waals surface area contributed by atoms with Crippen molar-refractivity contribution in [1.82, 2.24) is 49.7 Å². The van der Waals surface area contributed by atoms with E-state index >= 15 is 0 Å². The van der Waals surface area contributed by atoms with Gasteiger partial charge in [-0.3, -0.25) is 33.7 Å². The van der Waals surface area contributed by atoms with E-state index in [1.165, 1.54) is 17.8 Å². The number of piperidine rings is 2. The van der Waals surface area contributed by atoms with Crippen molar-refractivity contribution in [3.63, 3.8) is 0 Å². The van der Waals surface area contributed by atoms with Gasteiger partial charge in [0.25, 0.3) is 11.5 Å². The fraction of sp³-hybridized carbons (Fsp3) is 0.439. The van der Waals surface area contributed by atoms with E-state index in [9.17, 15) is 24.0 Å². The summed E-state index contributed by atoms with van der Waals surface area (Å²) in [6.07, 6.45) is 5.46. The van der Waals surface area contributed by atoms with Crippen molar-refractivity contribution in [3.8, 4) is 5.75 Å². The van der Waals surface area contributed by atoms with Crippen LogP contribution in [0.1, 0.15) is 68.7 Å². The molecule has 19 heteroatoms. The number of aromatic nitrogens is 6. The SMILES string of the molecule is CNC(=O)COc1cc2cc(Nc3nc(N4CCN(C(=O)N5CCC(c6cccc7c(C8CCC(=O)NC8=O)nn(C)c67)CC5)CC4)ncc3Cl)cnc2n(C(C)C)c1=O. The van der Waals surface area contributed by atoms with Gasteiger partial charge in [-0.2, -0.15) is 10.1 Å². The van der Waals surface area contributed by atoms with Gasteiger partial charge in [-0.05, 0) is 56.7 Å². The molecule has 60 heavy (non-hydrogen) atoms. The lowest BCUT2D eigenvalue weighted by atomic mass is 9.86. The number of amides is 5. The number of hydrogen-bond donors (Lipinski definition) is 3. The van der Waals surface area contributed by atoms with Crippen LogP contribution in [0.2, 0.25) is 5.02 Å². The largest absolute Gasteiger partial charge is 0.478 e. The van der Waals surface area contributed by atoms with Gasteiger partial charge >= 0.3 is 6.03 Å². The number of halogens is 1. The number of urea groups is 1. The molecule has 5 amide bonds. The number of aryl methyl sites for hydroxylation is 1. The summed E-state index contributed by atoms with van der Waals surface area (Å²) in [5.41, 5.74) is 3.49. The Bertz CT molecular complexity index is 2560. The highest BCUT2D eigenvalue weighted by molar-refractivity contribution is 6.33. The number of piperazine rings is 1. The number of ether oxygens (including phenoxy) is 1. The summed E-state index contributed by atoms with van der Waals surface area (Å²) in [5, 5.41) is 14.8. The number of hydrogen-bond acceptors (Lipinski definition) is 12. The fourth-order valence-electron chi connectivity index (χ4n) is 8.42. The molecule has 1 unspecified atom stereocenters. The van der Waals surface area contributed by atoms with Crippen LogP contribution >= 0.6 is 11.6 Å². The lowest BCUT2D eigenvalue weighted by Gasteiger charge is -2.40. The van der Waals surface area contributed by atoms with E-state index < -0.39 is 5.92 Å². The van der Waals surface area contributed by atoms with Crippen LogP contribution in [0.4, 0.5) is 22.2 Å².